The lowest BCUT2D eigenvalue weighted by molar-refractivity contribution is -0.134. The number of benzene rings is 1. The van der Waals surface area contributed by atoms with Gasteiger partial charge in [-0.05, 0) is 82.8 Å². The third kappa shape index (κ3) is 3.84. The Morgan fingerprint density at radius 2 is 1.81 bits per heavy atom. The van der Waals surface area contributed by atoms with E-state index in [0.29, 0.717) is 24.4 Å². The van der Waals surface area contributed by atoms with E-state index >= 15 is 0 Å². The summed E-state index contributed by atoms with van der Waals surface area (Å²) in [5.74, 6) is 0.600. The SMILES string of the molecule is CC1(C)C[C@@H]2CN(C(=O)CN3CCCCC3)CC[C@@H]2N1c1ccc(F)cc1. The minimum Gasteiger partial charge on any atom is -0.363 e. The summed E-state index contributed by atoms with van der Waals surface area (Å²) in [5.41, 5.74) is 1.13. The molecule has 3 aliphatic rings. The summed E-state index contributed by atoms with van der Waals surface area (Å²) in [6.45, 7) is 8.96. The van der Waals surface area contributed by atoms with Gasteiger partial charge in [-0.25, -0.2) is 4.39 Å². The van der Waals surface area contributed by atoms with Gasteiger partial charge in [0.05, 0.1) is 6.54 Å². The maximum Gasteiger partial charge on any atom is 0.236 e. The fourth-order valence-electron chi connectivity index (χ4n) is 5.53. The second kappa shape index (κ2) is 7.42. The molecule has 148 valence electrons. The van der Waals surface area contributed by atoms with Crippen molar-refractivity contribution in [2.45, 2.75) is 57.5 Å². The molecule has 0 saturated carbocycles. The van der Waals surface area contributed by atoms with Crippen LogP contribution < -0.4 is 4.90 Å². The Labute approximate surface area is 162 Å². The van der Waals surface area contributed by atoms with Crippen molar-refractivity contribution in [2.75, 3.05) is 37.6 Å². The topological polar surface area (TPSA) is 26.8 Å². The Hall–Kier alpha value is -1.62. The number of amides is 1. The lowest BCUT2D eigenvalue weighted by atomic mass is 9.89. The van der Waals surface area contributed by atoms with Gasteiger partial charge in [-0.15, -0.1) is 0 Å². The number of anilines is 1. The van der Waals surface area contributed by atoms with Crippen molar-refractivity contribution in [2.24, 2.45) is 5.92 Å². The fraction of sp³-hybridized carbons (Fsp3) is 0.682. The molecule has 0 aliphatic carbocycles. The lowest BCUT2D eigenvalue weighted by Crippen LogP contribution is -2.52. The van der Waals surface area contributed by atoms with Gasteiger partial charge in [-0.1, -0.05) is 6.42 Å². The van der Waals surface area contributed by atoms with Gasteiger partial charge >= 0.3 is 0 Å². The van der Waals surface area contributed by atoms with Gasteiger partial charge in [0.1, 0.15) is 5.82 Å². The fourth-order valence-corrected chi connectivity index (χ4v) is 5.53. The molecule has 3 aliphatic heterocycles. The van der Waals surface area contributed by atoms with Gasteiger partial charge < -0.3 is 9.80 Å². The van der Waals surface area contributed by atoms with E-state index in [1.54, 1.807) is 12.1 Å². The monoisotopic (exact) mass is 373 g/mol. The number of carbonyl (C=O) groups excluding carboxylic acids is 1. The maximum atomic E-state index is 13.4. The maximum absolute atomic E-state index is 13.4. The van der Waals surface area contributed by atoms with E-state index < -0.39 is 0 Å². The molecule has 1 aromatic carbocycles. The molecule has 3 fully saturated rings. The van der Waals surface area contributed by atoms with Crippen LogP contribution >= 0.6 is 0 Å². The number of nitrogens with zero attached hydrogens (tertiary/aromatic N) is 3. The molecular formula is C22H32FN3O. The van der Waals surface area contributed by atoms with E-state index in [0.717, 1.165) is 44.7 Å². The quantitative estimate of drug-likeness (QED) is 0.811. The first-order chi connectivity index (χ1) is 12.9. The molecule has 2 atom stereocenters. The molecule has 0 bridgehead atoms. The molecule has 1 amide bonds. The molecule has 27 heavy (non-hydrogen) atoms. The van der Waals surface area contributed by atoms with E-state index in [2.05, 4.69) is 28.5 Å². The second-order valence-corrected chi connectivity index (χ2v) is 9.16. The minimum absolute atomic E-state index is 0.0269. The zero-order chi connectivity index (χ0) is 19.0. The number of carbonyl (C=O) groups is 1. The lowest BCUT2D eigenvalue weighted by Gasteiger charge is -2.42. The Morgan fingerprint density at radius 1 is 1.11 bits per heavy atom. The molecule has 3 heterocycles. The molecule has 0 aromatic heterocycles. The number of piperidine rings is 2. The van der Waals surface area contributed by atoms with Gasteiger partial charge in [-0.2, -0.15) is 0 Å². The first kappa shape index (κ1) is 18.7. The second-order valence-electron chi connectivity index (χ2n) is 9.16. The van der Waals surface area contributed by atoms with E-state index in [-0.39, 0.29) is 11.4 Å². The summed E-state index contributed by atoms with van der Waals surface area (Å²) < 4.78 is 13.4. The first-order valence-electron chi connectivity index (χ1n) is 10.5. The number of hydrogen-bond acceptors (Lipinski definition) is 3. The van der Waals surface area contributed by atoms with Gasteiger partial charge in [-0.3, -0.25) is 9.69 Å². The number of halogens is 1. The van der Waals surface area contributed by atoms with Crippen molar-refractivity contribution in [3.8, 4) is 0 Å². The van der Waals surface area contributed by atoms with Crippen LogP contribution in [0.1, 0.15) is 46.0 Å². The smallest absolute Gasteiger partial charge is 0.236 e. The van der Waals surface area contributed by atoms with Crippen molar-refractivity contribution in [1.82, 2.24) is 9.80 Å². The third-order valence-corrected chi connectivity index (χ3v) is 6.70. The summed E-state index contributed by atoms with van der Waals surface area (Å²) >= 11 is 0. The molecule has 4 rings (SSSR count). The van der Waals surface area contributed by atoms with Crippen LogP contribution in [0, 0.1) is 11.7 Å². The summed E-state index contributed by atoms with van der Waals surface area (Å²) in [6, 6.07) is 7.33. The summed E-state index contributed by atoms with van der Waals surface area (Å²) in [6.07, 6.45) is 5.81. The van der Waals surface area contributed by atoms with Crippen LogP contribution in [0.15, 0.2) is 24.3 Å². The van der Waals surface area contributed by atoms with Crippen LogP contribution in [-0.4, -0.2) is 60.0 Å². The number of likely N-dealkylation sites (tertiary alicyclic amines) is 2. The Morgan fingerprint density at radius 3 is 2.52 bits per heavy atom. The first-order valence-corrected chi connectivity index (χ1v) is 10.5. The molecule has 5 heteroatoms. The summed E-state index contributed by atoms with van der Waals surface area (Å²) in [7, 11) is 0. The predicted molar refractivity (Wildman–Crippen MR) is 106 cm³/mol. The summed E-state index contributed by atoms with van der Waals surface area (Å²) in [4.78, 5) is 19.7. The molecule has 0 N–H and O–H groups in total. The van der Waals surface area contributed by atoms with Crippen molar-refractivity contribution in [1.29, 1.82) is 0 Å². The van der Waals surface area contributed by atoms with Crippen molar-refractivity contribution >= 4 is 11.6 Å². The van der Waals surface area contributed by atoms with Crippen LogP contribution in [0.4, 0.5) is 10.1 Å². The number of rotatable bonds is 3. The van der Waals surface area contributed by atoms with Crippen molar-refractivity contribution in [3.05, 3.63) is 30.1 Å². The highest BCUT2D eigenvalue weighted by atomic mass is 19.1. The molecular weight excluding hydrogens is 341 g/mol. The zero-order valence-electron chi connectivity index (χ0n) is 16.7. The van der Waals surface area contributed by atoms with E-state index in [1.165, 1.54) is 19.3 Å². The van der Waals surface area contributed by atoms with Crippen molar-refractivity contribution < 1.29 is 9.18 Å². The highest BCUT2D eigenvalue weighted by Gasteiger charge is 2.48. The van der Waals surface area contributed by atoms with Crippen LogP contribution in [0.2, 0.25) is 0 Å². The molecule has 3 saturated heterocycles. The van der Waals surface area contributed by atoms with Gasteiger partial charge in [0.25, 0.3) is 0 Å². The van der Waals surface area contributed by atoms with Gasteiger partial charge in [0.15, 0.2) is 0 Å². The minimum atomic E-state index is -0.189. The molecule has 0 spiro atoms. The van der Waals surface area contributed by atoms with Crippen LogP contribution in [0.5, 0.6) is 0 Å². The predicted octanol–water partition coefficient (Wildman–Crippen LogP) is 3.52. The molecule has 1 aromatic rings. The van der Waals surface area contributed by atoms with Gasteiger partial charge in [0.2, 0.25) is 5.91 Å². The zero-order valence-corrected chi connectivity index (χ0v) is 16.7. The van der Waals surface area contributed by atoms with E-state index in [4.69, 9.17) is 0 Å². The normalized spacial score (nSPS) is 28.3. The number of fused-ring (bicyclic) bond motifs is 1. The highest BCUT2D eigenvalue weighted by molar-refractivity contribution is 5.78. The largest absolute Gasteiger partial charge is 0.363 e. The van der Waals surface area contributed by atoms with E-state index in [1.807, 2.05) is 12.1 Å². The average molecular weight is 374 g/mol. The molecule has 4 nitrogen and oxygen atoms in total. The Bertz CT molecular complexity index is 669. The van der Waals surface area contributed by atoms with Crippen LogP contribution in [0.25, 0.3) is 0 Å². The van der Waals surface area contributed by atoms with Gasteiger partial charge in [0, 0.05) is 30.4 Å². The molecule has 0 unspecified atom stereocenters. The third-order valence-electron chi connectivity index (χ3n) is 6.70. The summed E-state index contributed by atoms with van der Waals surface area (Å²) in [5, 5.41) is 0. The van der Waals surface area contributed by atoms with E-state index in [9.17, 15) is 9.18 Å². The Balaban J connectivity index is 1.43. The molecule has 0 radical (unpaired) electrons. The number of hydrogen-bond donors (Lipinski definition) is 0. The average Bonchev–Trinajstić information content (AvgIpc) is 2.92. The van der Waals surface area contributed by atoms with Crippen molar-refractivity contribution in [3.63, 3.8) is 0 Å². The van der Waals surface area contributed by atoms with Crippen LogP contribution in [0.3, 0.4) is 0 Å². The standard InChI is InChI=1S/C22H32FN3O/c1-22(2)14-17-15-25(21(27)16-24-11-4-3-5-12-24)13-10-20(17)26(22)19-8-6-18(23)7-9-19/h6-9,17,20H,3-5,10-16H2,1-2H3/t17-,20+/m1/s1. The van der Waals surface area contributed by atoms with Crippen LogP contribution in [-0.2, 0) is 4.79 Å². The highest BCUT2D eigenvalue weighted by Crippen LogP contribution is 2.44. The Kier molecular flexibility index (Phi) is 5.15.